The van der Waals surface area contributed by atoms with Gasteiger partial charge in [-0.05, 0) is 50.3 Å². The number of hydrogen-bond acceptors (Lipinski definition) is 6. The zero-order valence-electron chi connectivity index (χ0n) is 15.4. The number of aryl methyl sites for hydroxylation is 1. The highest BCUT2D eigenvalue weighted by Gasteiger charge is 2.25. The molecule has 0 saturated carbocycles. The van der Waals surface area contributed by atoms with Crippen LogP contribution < -0.4 is 15.8 Å². The first-order chi connectivity index (χ1) is 13.4. The molecule has 28 heavy (non-hydrogen) atoms. The van der Waals surface area contributed by atoms with Gasteiger partial charge in [-0.15, -0.1) is 11.3 Å². The van der Waals surface area contributed by atoms with Crippen molar-refractivity contribution in [1.29, 1.82) is 0 Å². The van der Waals surface area contributed by atoms with Crippen LogP contribution in [0.2, 0.25) is 0 Å². The zero-order valence-corrected chi connectivity index (χ0v) is 16.3. The predicted molar refractivity (Wildman–Crippen MR) is 106 cm³/mol. The molecule has 1 aliphatic rings. The molecule has 0 saturated heterocycles. The molecule has 148 valence electrons. The van der Waals surface area contributed by atoms with Crippen molar-refractivity contribution in [3.05, 3.63) is 49.9 Å². The van der Waals surface area contributed by atoms with Crippen LogP contribution in [0.25, 0.3) is 0 Å². The fourth-order valence-corrected chi connectivity index (χ4v) is 4.64. The van der Waals surface area contributed by atoms with Crippen molar-refractivity contribution in [3.63, 3.8) is 0 Å². The third-order valence-electron chi connectivity index (χ3n) is 4.61. The summed E-state index contributed by atoms with van der Waals surface area (Å²) < 4.78 is 5.24. The highest BCUT2D eigenvalue weighted by molar-refractivity contribution is 7.17. The average molecular weight is 403 g/mol. The van der Waals surface area contributed by atoms with Gasteiger partial charge in [-0.1, -0.05) is 6.42 Å². The Kier molecular flexibility index (Phi) is 5.93. The standard InChI is InChI=1S/C19H21N3O5S/c1-2-27-14-9-8-11(10-13(14)22(25)26)18(24)21-19-16(17(20)23)12-6-4-3-5-7-15(12)28-19/h8-10H,2-7H2,1H3,(H2,20,23)(H,21,24). The van der Waals surface area contributed by atoms with Gasteiger partial charge in [0.05, 0.1) is 17.1 Å². The summed E-state index contributed by atoms with van der Waals surface area (Å²) in [4.78, 5) is 36.5. The van der Waals surface area contributed by atoms with Crippen molar-refractivity contribution < 1.29 is 19.2 Å². The molecule has 8 nitrogen and oxygen atoms in total. The molecule has 1 heterocycles. The van der Waals surface area contributed by atoms with Gasteiger partial charge >= 0.3 is 5.69 Å². The SMILES string of the molecule is CCOc1ccc(C(=O)Nc2sc3c(c2C(N)=O)CCCCC3)cc1[N+](=O)[O-]. The second kappa shape index (κ2) is 8.39. The molecule has 1 aromatic carbocycles. The minimum absolute atomic E-state index is 0.102. The average Bonchev–Trinajstić information content (AvgIpc) is 2.83. The van der Waals surface area contributed by atoms with Crippen LogP contribution in [0.3, 0.4) is 0 Å². The summed E-state index contributed by atoms with van der Waals surface area (Å²) in [5, 5.41) is 14.4. The van der Waals surface area contributed by atoms with Crippen molar-refractivity contribution in [2.75, 3.05) is 11.9 Å². The van der Waals surface area contributed by atoms with Crippen molar-refractivity contribution in [3.8, 4) is 5.75 Å². The van der Waals surface area contributed by atoms with Gasteiger partial charge in [-0.3, -0.25) is 19.7 Å². The maximum atomic E-state index is 12.7. The van der Waals surface area contributed by atoms with Crippen LogP contribution in [0.4, 0.5) is 10.7 Å². The molecule has 0 atom stereocenters. The summed E-state index contributed by atoms with van der Waals surface area (Å²) in [6.07, 6.45) is 4.71. The minimum atomic E-state index is -0.593. The van der Waals surface area contributed by atoms with E-state index in [9.17, 15) is 19.7 Å². The first-order valence-electron chi connectivity index (χ1n) is 9.09. The topological polar surface area (TPSA) is 125 Å². The number of rotatable bonds is 6. The van der Waals surface area contributed by atoms with Gasteiger partial charge in [-0.25, -0.2) is 0 Å². The van der Waals surface area contributed by atoms with Crippen LogP contribution in [-0.2, 0) is 12.8 Å². The van der Waals surface area contributed by atoms with E-state index in [1.54, 1.807) is 6.92 Å². The second-order valence-electron chi connectivity index (χ2n) is 6.46. The lowest BCUT2D eigenvalue weighted by Crippen LogP contribution is -2.18. The van der Waals surface area contributed by atoms with E-state index in [2.05, 4.69) is 5.32 Å². The first kappa shape index (κ1) is 19.8. The Hall–Kier alpha value is -2.94. The molecular formula is C19H21N3O5S. The first-order valence-corrected chi connectivity index (χ1v) is 9.91. The number of nitro groups is 1. The molecule has 0 unspecified atom stereocenters. The Morgan fingerprint density at radius 1 is 1.29 bits per heavy atom. The van der Waals surface area contributed by atoms with Gasteiger partial charge in [0, 0.05) is 16.5 Å². The smallest absolute Gasteiger partial charge is 0.311 e. The highest BCUT2D eigenvalue weighted by atomic mass is 32.1. The number of ether oxygens (including phenoxy) is 1. The third kappa shape index (κ3) is 3.99. The monoisotopic (exact) mass is 403 g/mol. The number of hydrogen-bond donors (Lipinski definition) is 2. The van der Waals surface area contributed by atoms with E-state index in [-0.39, 0.29) is 23.6 Å². The molecule has 2 aromatic rings. The maximum absolute atomic E-state index is 12.7. The van der Waals surface area contributed by atoms with Gasteiger partial charge in [0.2, 0.25) is 0 Å². The summed E-state index contributed by atoms with van der Waals surface area (Å²) >= 11 is 1.36. The summed E-state index contributed by atoms with van der Waals surface area (Å²) in [6, 6.07) is 4.02. The van der Waals surface area contributed by atoms with E-state index in [0.29, 0.717) is 10.6 Å². The Bertz CT molecular complexity index is 938. The number of thiophene rings is 1. The van der Waals surface area contributed by atoms with Crippen LogP contribution in [0.5, 0.6) is 5.75 Å². The molecule has 9 heteroatoms. The van der Waals surface area contributed by atoms with Crippen molar-refractivity contribution in [2.45, 2.75) is 39.0 Å². The van der Waals surface area contributed by atoms with E-state index >= 15 is 0 Å². The van der Waals surface area contributed by atoms with E-state index < -0.39 is 16.7 Å². The molecule has 1 aliphatic carbocycles. The lowest BCUT2D eigenvalue weighted by molar-refractivity contribution is -0.385. The highest BCUT2D eigenvalue weighted by Crippen LogP contribution is 2.37. The molecule has 0 spiro atoms. The van der Waals surface area contributed by atoms with Gasteiger partial charge in [-0.2, -0.15) is 0 Å². The normalized spacial score (nSPS) is 13.3. The van der Waals surface area contributed by atoms with Gasteiger partial charge in [0.25, 0.3) is 11.8 Å². The zero-order chi connectivity index (χ0) is 20.3. The lowest BCUT2D eigenvalue weighted by atomic mass is 10.1. The van der Waals surface area contributed by atoms with E-state index in [1.165, 1.54) is 29.5 Å². The number of anilines is 1. The number of primary amides is 1. The summed E-state index contributed by atoms with van der Waals surface area (Å²) in [5.41, 5.74) is 6.67. The van der Waals surface area contributed by atoms with E-state index in [0.717, 1.165) is 42.5 Å². The molecule has 0 aliphatic heterocycles. The molecule has 0 fully saturated rings. The predicted octanol–water partition coefficient (Wildman–Crippen LogP) is 3.68. The van der Waals surface area contributed by atoms with Crippen molar-refractivity contribution >= 4 is 33.8 Å². The molecule has 3 N–H and O–H groups in total. The van der Waals surface area contributed by atoms with Gasteiger partial charge in [0.1, 0.15) is 5.00 Å². The number of amides is 2. The number of carbonyl (C=O) groups is 2. The summed E-state index contributed by atoms with van der Waals surface area (Å²) in [6.45, 7) is 1.99. The summed E-state index contributed by atoms with van der Waals surface area (Å²) in [7, 11) is 0. The van der Waals surface area contributed by atoms with Crippen LogP contribution in [0.1, 0.15) is 57.3 Å². The number of carbonyl (C=O) groups excluding carboxylic acids is 2. The number of nitrogens with two attached hydrogens (primary N) is 1. The van der Waals surface area contributed by atoms with Crippen molar-refractivity contribution in [1.82, 2.24) is 0 Å². The fraction of sp³-hybridized carbons (Fsp3) is 0.368. The van der Waals surface area contributed by atoms with Gasteiger partial charge < -0.3 is 15.8 Å². The number of nitrogens with one attached hydrogen (secondary N) is 1. The number of benzene rings is 1. The molecular weight excluding hydrogens is 382 g/mol. The fourth-order valence-electron chi connectivity index (χ4n) is 3.35. The maximum Gasteiger partial charge on any atom is 0.311 e. The minimum Gasteiger partial charge on any atom is -0.487 e. The third-order valence-corrected chi connectivity index (χ3v) is 5.82. The number of fused-ring (bicyclic) bond motifs is 1. The van der Waals surface area contributed by atoms with Crippen LogP contribution in [-0.4, -0.2) is 23.3 Å². The van der Waals surface area contributed by atoms with Crippen LogP contribution >= 0.6 is 11.3 Å². The molecule has 2 amide bonds. The molecule has 0 radical (unpaired) electrons. The largest absolute Gasteiger partial charge is 0.487 e. The number of nitro benzene ring substituents is 1. The quantitative estimate of drug-likeness (QED) is 0.432. The summed E-state index contributed by atoms with van der Waals surface area (Å²) in [5.74, 6) is -1.01. The lowest BCUT2D eigenvalue weighted by Gasteiger charge is -2.08. The Morgan fingerprint density at radius 3 is 2.71 bits per heavy atom. The Morgan fingerprint density at radius 2 is 2.04 bits per heavy atom. The Labute approximate surface area is 165 Å². The number of nitrogens with zero attached hydrogens (tertiary/aromatic N) is 1. The van der Waals surface area contributed by atoms with Crippen molar-refractivity contribution in [2.24, 2.45) is 5.73 Å². The van der Waals surface area contributed by atoms with E-state index in [1.807, 2.05) is 0 Å². The van der Waals surface area contributed by atoms with Crippen LogP contribution in [0.15, 0.2) is 18.2 Å². The molecule has 0 bridgehead atoms. The Balaban J connectivity index is 1.92. The van der Waals surface area contributed by atoms with Gasteiger partial charge in [0.15, 0.2) is 5.75 Å². The second-order valence-corrected chi connectivity index (χ2v) is 7.56. The van der Waals surface area contributed by atoms with E-state index in [4.69, 9.17) is 10.5 Å². The molecule has 3 rings (SSSR count). The molecule has 1 aromatic heterocycles. The van der Waals surface area contributed by atoms with Crippen LogP contribution in [0, 0.1) is 10.1 Å².